The van der Waals surface area contributed by atoms with Crippen molar-refractivity contribution < 1.29 is 14.3 Å². The van der Waals surface area contributed by atoms with Crippen molar-refractivity contribution >= 4 is 29.1 Å². The zero-order chi connectivity index (χ0) is 18.4. The lowest BCUT2D eigenvalue weighted by atomic mass is 10.1. The van der Waals surface area contributed by atoms with Gasteiger partial charge >= 0.3 is 11.8 Å². The summed E-state index contributed by atoms with van der Waals surface area (Å²) in [7, 11) is 1.52. The normalized spacial score (nSPS) is 11.7. The Morgan fingerprint density at radius 1 is 1.08 bits per heavy atom. The van der Waals surface area contributed by atoms with Gasteiger partial charge in [-0.25, -0.2) is 0 Å². The fourth-order valence-electron chi connectivity index (χ4n) is 2.56. The number of ether oxygens (including phenoxy) is 1. The average molecular weight is 361 g/mol. The van der Waals surface area contributed by atoms with Crippen LogP contribution in [0.3, 0.4) is 0 Å². The van der Waals surface area contributed by atoms with Crippen molar-refractivity contribution in [3.05, 3.63) is 64.2 Å². The van der Waals surface area contributed by atoms with Gasteiger partial charge in [-0.3, -0.25) is 9.59 Å². The number of hydrogen-bond donors (Lipinski definition) is 2. The molecule has 0 fully saturated rings. The Bertz CT molecular complexity index is 757. The Labute approximate surface area is 152 Å². The van der Waals surface area contributed by atoms with Crippen LogP contribution in [-0.2, 0) is 14.3 Å². The summed E-state index contributed by atoms with van der Waals surface area (Å²) in [4.78, 5) is 24.1. The van der Waals surface area contributed by atoms with Gasteiger partial charge in [0.15, 0.2) is 0 Å². The molecule has 2 N–H and O–H groups in total. The number of carbonyl (C=O) groups excluding carboxylic acids is 2. The number of anilines is 1. The second kappa shape index (κ2) is 8.65. The summed E-state index contributed by atoms with van der Waals surface area (Å²) in [6, 6.07) is 12.8. The Hall–Kier alpha value is -2.37. The molecule has 6 heteroatoms. The van der Waals surface area contributed by atoms with Gasteiger partial charge in [0, 0.05) is 29.9 Å². The smallest absolute Gasteiger partial charge is 0.313 e. The van der Waals surface area contributed by atoms with Crippen LogP contribution in [0.15, 0.2) is 42.5 Å². The summed E-state index contributed by atoms with van der Waals surface area (Å²) in [5.74, 6) is -1.45. The van der Waals surface area contributed by atoms with E-state index in [-0.39, 0.29) is 6.54 Å². The number of benzene rings is 2. The molecule has 25 heavy (non-hydrogen) atoms. The van der Waals surface area contributed by atoms with E-state index in [9.17, 15) is 9.59 Å². The quantitative estimate of drug-likeness (QED) is 0.803. The van der Waals surface area contributed by atoms with E-state index in [0.717, 1.165) is 16.7 Å². The lowest BCUT2D eigenvalue weighted by Crippen LogP contribution is -2.38. The topological polar surface area (TPSA) is 67.4 Å². The summed E-state index contributed by atoms with van der Waals surface area (Å²) in [5.41, 5.74) is 3.36. The van der Waals surface area contributed by atoms with Gasteiger partial charge in [0.05, 0.1) is 0 Å². The monoisotopic (exact) mass is 360 g/mol. The maximum atomic E-state index is 12.0. The van der Waals surface area contributed by atoms with Crippen molar-refractivity contribution in [3.8, 4) is 0 Å². The number of rotatable bonds is 5. The molecule has 2 rings (SSSR count). The Kier molecular flexibility index (Phi) is 6.56. The molecule has 2 amide bonds. The molecule has 5 nitrogen and oxygen atoms in total. The Morgan fingerprint density at radius 2 is 1.72 bits per heavy atom. The average Bonchev–Trinajstić information content (AvgIpc) is 2.55. The van der Waals surface area contributed by atoms with Crippen molar-refractivity contribution in [3.63, 3.8) is 0 Å². The van der Waals surface area contributed by atoms with E-state index in [4.69, 9.17) is 16.3 Å². The lowest BCUT2D eigenvalue weighted by molar-refractivity contribution is -0.136. The van der Waals surface area contributed by atoms with Crippen LogP contribution in [0.4, 0.5) is 5.69 Å². The van der Waals surface area contributed by atoms with E-state index < -0.39 is 17.9 Å². The van der Waals surface area contributed by atoms with Gasteiger partial charge in [0.25, 0.3) is 0 Å². The summed E-state index contributed by atoms with van der Waals surface area (Å²) in [6.07, 6.45) is -0.438. The number of hydrogen-bond acceptors (Lipinski definition) is 3. The van der Waals surface area contributed by atoms with Gasteiger partial charge in [-0.1, -0.05) is 35.9 Å². The highest BCUT2D eigenvalue weighted by atomic mass is 35.5. The second-order valence-electron chi connectivity index (χ2n) is 5.79. The number of aryl methyl sites for hydroxylation is 2. The first kappa shape index (κ1) is 19.0. The molecule has 0 bridgehead atoms. The lowest BCUT2D eigenvalue weighted by Gasteiger charge is -2.17. The standard InChI is InChI=1S/C19H21ClN2O3/c1-12-8-13(2)10-14(9-12)22-19(24)18(23)21-11-17(25-3)15-6-4-5-7-16(15)20/h4-10,17H,11H2,1-3H3,(H,21,23)(H,22,24). The molecule has 0 aromatic heterocycles. The van der Waals surface area contributed by atoms with Crippen molar-refractivity contribution in [1.82, 2.24) is 5.32 Å². The fraction of sp³-hybridized carbons (Fsp3) is 0.263. The van der Waals surface area contributed by atoms with Crippen LogP contribution in [0, 0.1) is 13.8 Å². The summed E-state index contributed by atoms with van der Waals surface area (Å²) in [6.45, 7) is 3.99. The van der Waals surface area contributed by atoms with Crippen LogP contribution >= 0.6 is 11.6 Å². The molecule has 0 aliphatic heterocycles. The van der Waals surface area contributed by atoms with Crippen molar-refractivity contribution in [2.24, 2.45) is 0 Å². The maximum Gasteiger partial charge on any atom is 0.313 e. The SMILES string of the molecule is COC(CNC(=O)C(=O)Nc1cc(C)cc(C)c1)c1ccccc1Cl. The molecule has 2 aromatic rings. The Balaban J connectivity index is 1.96. The van der Waals surface area contributed by atoms with E-state index in [0.29, 0.717) is 10.7 Å². The van der Waals surface area contributed by atoms with Gasteiger partial charge in [-0.05, 0) is 43.2 Å². The molecule has 0 radical (unpaired) electrons. The molecular weight excluding hydrogens is 340 g/mol. The van der Waals surface area contributed by atoms with E-state index in [1.165, 1.54) is 7.11 Å². The highest BCUT2D eigenvalue weighted by Crippen LogP contribution is 2.24. The molecule has 0 saturated heterocycles. The van der Waals surface area contributed by atoms with Crippen LogP contribution in [-0.4, -0.2) is 25.5 Å². The first-order valence-corrected chi connectivity index (χ1v) is 8.23. The summed E-state index contributed by atoms with van der Waals surface area (Å²) < 4.78 is 5.37. The van der Waals surface area contributed by atoms with Gasteiger partial charge in [-0.15, -0.1) is 0 Å². The first-order valence-electron chi connectivity index (χ1n) is 7.85. The zero-order valence-electron chi connectivity index (χ0n) is 14.4. The van der Waals surface area contributed by atoms with E-state index in [2.05, 4.69) is 10.6 Å². The molecule has 0 heterocycles. The van der Waals surface area contributed by atoms with Gasteiger partial charge < -0.3 is 15.4 Å². The molecule has 2 aromatic carbocycles. The van der Waals surface area contributed by atoms with Gasteiger partial charge in [0.1, 0.15) is 6.10 Å². The number of nitrogens with one attached hydrogen (secondary N) is 2. The van der Waals surface area contributed by atoms with E-state index in [1.807, 2.05) is 38.1 Å². The molecule has 0 saturated carbocycles. The van der Waals surface area contributed by atoms with E-state index in [1.54, 1.807) is 18.2 Å². The van der Waals surface area contributed by atoms with Crippen molar-refractivity contribution in [2.45, 2.75) is 20.0 Å². The molecule has 1 atom stereocenters. The minimum atomic E-state index is -0.728. The first-order chi connectivity index (χ1) is 11.9. The molecule has 132 valence electrons. The van der Waals surface area contributed by atoms with Crippen molar-refractivity contribution in [2.75, 3.05) is 19.0 Å². The second-order valence-corrected chi connectivity index (χ2v) is 6.19. The van der Waals surface area contributed by atoms with Gasteiger partial charge in [-0.2, -0.15) is 0 Å². The molecule has 0 spiro atoms. The number of carbonyl (C=O) groups is 2. The Morgan fingerprint density at radius 3 is 2.32 bits per heavy atom. The van der Waals surface area contributed by atoms with Crippen LogP contribution in [0.5, 0.6) is 0 Å². The number of amides is 2. The maximum absolute atomic E-state index is 12.0. The predicted molar refractivity (Wildman–Crippen MR) is 98.8 cm³/mol. The fourth-order valence-corrected chi connectivity index (χ4v) is 2.81. The van der Waals surface area contributed by atoms with Crippen LogP contribution in [0.2, 0.25) is 5.02 Å². The third-order valence-corrected chi connectivity index (χ3v) is 4.01. The largest absolute Gasteiger partial charge is 0.375 e. The third-order valence-electron chi connectivity index (χ3n) is 3.67. The highest BCUT2D eigenvalue weighted by Gasteiger charge is 2.18. The van der Waals surface area contributed by atoms with Crippen LogP contribution in [0.25, 0.3) is 0 Å². The van der Waals surface area contributed by atoms with Crippen LogP contribution in [0.1, 0.15) is 22.8 Å². The van der Waals surface area contributed by atoms with E-state index >= 15 is 0 Å². The number of methoxy groups -OCH3 is 1. The van der Waals surface area contributed by atoms with Crippen LogP contribution < -0.4 is 10.6 Å². The molecule has 0 aliphatic rings. The predicted octanol–water partition coefficient (Wildman–Crippen LogP) is 3.40. The zero-order valence-corrected chi connectivity index (χ0v) is 15.2. The molecule has 0 aliphatic carbocycles. The van der Waals surface area contributed by atoms with Crippen molar-refractivity contribution in [1.29, 1.82) is 0 Å². The minimum absolute atomic E-state index is 0.138. The molecule has 1 unspecified atom stereocenters. The third kappa shape index (κ3) is 5.31. The number of halogens is 1. The van der Waals surface area contributed by atoms with Gasteiger partial charge in [0.2, 0.25) is 0 Å². The summed E-state index contributed by atoms with van der Waals surface area (Å²) >= 11 is 6.14. The minimum Gasteiger partial charge on any atom is -0.375 e. The highest BCUT2D eigenvalue weighted by molar-refractivity contribution is 6.39. The molecular formula is C19H21ClN2O3. The summed E-state index contributed by atoms with van der Waals surface area (Å²) in [5, 5.41) is 5.72.